The van der Waals surface area contributed by atoms with Crippen LogP contribution in [-0.2, 0) is 19.1 Å². The summed E-state index contributed by atoms with van der Waals surface area (Å²) in [6, 6.07) is 0. The van der Waals surface area contributed by atoms with Crippen LogP contribution in [0.1, 0.15) is 58.8 Å². The molecule has 1 saturated carbocycles. The molecule has 25 heavy (non-hydrogen) atoms. The van der Waals surface area contributed by atoms with Crippen molar-refractivity contribution in [1.82, 2.24) is 5.32 Å². The van der Waals surface area contributed by atoms with E-state index in [0.717, 1.165) is 44.6 Å². The highest BCUT2D eigenvalue weighted by Crippen LogP contribution is 2.35. The Labute approximate surface area is 157 Å². The van der Waals surface area contributed by atoms with Gasteiger partial charge in [-0.3, -0.25) is 9.59 Å². The molecule has 0 heterocycles. The minimum Gasteiger partial charge on any atom is -0.379 e. The van der Waals surface area contributed by atoms with Crippen molar-refractivity contribution >= 4 is 23.3 Å². The number of ketones is 1. The lowest BCUT2D eigenvalue weighted by molar-refractivity contribution is -0.144. The van der Waals surface area contributed by atoms with Gasteiger partial charge in [0.2, 0.25) is 5.91 Å². The summed E-state index contributed by atoms with van der Waals surface area (Å²) in [6.07, 6.45) is 6.49. The molecule has 1 aliphatic rings. The van der Waals surface area contributed by atoms with E-state index in [1.807, 2.05) is 0 Å². The SMILES string of the molecule is CC1CCC(C)(C(=O)NCCOCCOCCCCCCCl)C(=O)C1. The van der Waals surface area contributed by atoms with Gasteiger partial charge in [0.25, 0.3) is 0 Å². The number of unbranched alkanes of at least 4 members (excludes halogenated alkanes) is 3. The molecule has 2 unspecified atom stereocenters. The second-order valence-electron chi connectivity index (χ2n) is 7.19. The Kier molecular flexibility index (Phi) is 11.3. The molecule has 0 radical (unpaired) electrons. The van der Waals surface area contributed by atoms with Gasteiger partial charge < -0.3 is 14.8 Å². The Hall–Kier alpha value is -0.650. The van der Waals surface area contributed by atoms with Gasteiger partial charge in [0, 0.05) is 25.5 Å². The number of rotatable bonds is 13. The number of amides is 1. The third-order valence-electron chi connectivity index (χ3n) is 4.86. The van der Waals surface area contributed by atoms with Gasteiger partial charge in [-0.2, -0.15) is 0 Å². The predicted molar refractivity (Wildman–Crippen MR) is 100.0 cm³/mol. The molecule has 1 N–H and O–H groups in total. The largest absolute Gasteiger partial charge is 0.379 e. The Balaban J connectivity index is 1.99. The van der Waals surface area contributed by atoms with E-state index in [1.54, 1.807) is 6.92 Å². The molecule has 0 aromatic heterocycles. The fourth-order valence-electron chi connectivity index (χ4n) is 2.96. The lowest BCUT2D eigenvalue weighted by atomic mass is 9.70. The maximum atomic E-state index is 12.3. The molecule has 6 heteroatoms. The van der Waals surface area contributed by atoms with Crippen LogP contribution >= 0.6 is 11.6 Å². The van der Waals surface area contributed by atoms with Crippen molar-refractivity contribution in [3.05, 3.63) is 0 Å². The first-order chi connectivity index (χ1) is 12.0. The van der Waals surface area contributed by atoms with E-state index < -0.39 is 5.41 Å². The summed E-state index contributed by atoms with van der Waals surface area (Å²) in [7, 11) is 0. The molecule has 1 amide bonds. The van der Waals surface area contributed by atoms with Crippen molar-refractivity contribution in [1.29, 1.82) is 0 Å². The normalized spacial score (nSPS) is 23.6. The molecule has 0 aromatic carbocycles. The summed E-state index contributed by atoms with van der Waals surface area (Å²) >= 11 is 5.62. The van der Waals surface area contributed by atoms with E-state index in [0.29, 0.717) is 45.1 Å². The zero-order chi connectivity index (χ0) is 18.5. The van der Waals surface area contributed by atoms with E-state index in [1.165, 1.54) is 0 Å². The van der Waals surface area contributed by atoms with Gasteiger partial charge >= 0.3 is 0 Å². The van der Waals surface area contributed by atoms with E-state index >= 15 is 0 Å². The quantitative estimate of drug-likeness (QED) is 0.304. The molecule has 0 spiro atoms. The van der Waals surface area contributed by atoms with Crippen molar-refractivity contribution in [2.24, 2.45) is 11.3 Å². The number of ether oxygens (including phenoxy) is 2. The van der Waals surface area contributed by atoms with E-state index in [2.05, 4.69) is 12.2 Å². The third-order valence-corrected chi connectivity index (χ3v) is 5.13. The molecule has 0 saturated heterocycles. The number of hydrogen-bond donors (Lipinski definition) is 1. The van der Waals surface area contributed by atoms with E-state index in [-0.39, 0.29) is 11.7 Å². The Morgan fingerprint density at radius 1 is 1.16 bits per heavy atom. The average molecular weight is 376 g/mol. The Morgan fingerprint density at radius 2 is 1.84 bits per heavy atom. The zero-order valence-electron chi connectivity index (χ0n) is 15.8. The smallest absolute Gasteiger partial charge is 0.233 e. The van der Waals surface area contributed by atoms with Crippen LogP contribution in [0.5, 0.6) is 0 Å². The van der Waals surface area contributed by atoms with Crippen LogP contribution in [0.4, 0.5) is 0 Å². The maximum absolute atomic E-state index is 12.3. The molecular weight excluding hydrogens is 342 g/mol. The van der Waals surface area contributed by atoms with Crippen LogP contribution in [-0.4, -0.2) is 50.5 Å². The van der Waals surface area contributed by atoms with Crippen LogP contribution in [0.25, 0.3) is 0 Å². The monoisotopic (exact) mass is 375 g/mol. The van der Waals surface area contributed by atoms with Gasteiger partial charge in [-0.25, -0.2) is 0 Å². The number of Topliss-reactive ketones (excluding diaryl/α,β-unsaturated/α-hetero) is 1. The highest BCUT2D eigenvalue weighted by atomic mass is 35.5. The Bertz CT molecular complexity index is 405. The summed E-state index contributed by atoms with van der Waals surface area (Å²) < 4.78 is 10.9. The Morgan fingerprint density at radius 3 is 2.52 bits per heavy atom. The first kappa shape index (κ1) is 22.4. The van der Waals surface area contributed by atoms with Crippen LogP contribution in [0, 0.1) is 11.3 Å². The average Bonchev–Trinajstić information content (AvgIpc) is 2.59. The molecule has 0 bridgehead atoms. The summed E-state index contributed by atoms with van der Waals surface area (Å²) in [5.41, 5.74) is -0.862. The number of hydrogen-bond acceptors (Lipinski definition) is 4. The molecule has 1 rings (SSSR count). The second kappa shape index (κ2) is 12.7. The van der Waals surface area contributed by atoms with Gasteiger partial charge in [0.15, 0.2) is 0 Å². The lowest BCUT2D eigenvalue weighted by Gasteiger charge is -2.33. The van der Waals surface area contributed by atoms with Crippen molar-refractivity contribution in [2.75, 3.05) is 38.9 Å². The van der Waals surface area contributed by atoms with Crippen LogP contribution < -0.4 is 5.32 Å². The summed E-state index contributed by atoms with van der Waals surface area (Å²) in [4.78, 5) is 24.5. The minimum atomic E-state index is -0.862. The second-order valence-corrected chi connectivity index (χ2v) is 7.57. The molecular formula is C19H34ClNO4. The van der Waals surface area contributed by atoms with Crippen molar-refractivity contribution in [3.8, 4) is 0 Å². The fraction of sp³-hybridized carbons (Fsp3) is 0.895. The third kappa shape index (κ3) is 8.52. The van der Waals surface area contributed by atoms with Gasteiger partial charge in [0.1, 0.15) is 11.2 Å². The standard InChI is InChI=1S/C19H34ClNO4/c1-16-7-8-19(2,17(22)15-16)18(23)21-10-12-25-14-13-24-11-6-4-3-5-9-20/h16H,3-15H2,1-2H3,(H,21,23). The van der Waals surface area contributed by atoms with Crippen LogP contribution in [0.3, 0.4) is 0 Å². The molecule has 1 aliphatic carbocycles. The highest BCUT2D eigenvalue weighted by Gasteiger charge is 2.43. The topological polar surface area (TPSA) is 64.6 Å². The highest BCUT2D eigenvalue weighted by molar-refractivity contribution is 6.17. The fourth-order valence-corrected chi connectivity index (χ4v) is 3.15. The molecule has 1 fully saturated rings. The molecule has 146 valence electrons. The number of alkyl halides is 1. The number of halogens is 1. The van der Waals surface area contributed by atoms with Crippen molar-refractivity contribution < 1.29 is 19.1 Å². The van der Waals surface area contributed by atoms with E-state index in [4.69, 9.17) is 21.1 Å². The van der Waals surface area contributed by atoms with Crippen molar-refractivity contribution in [3.63, 3.8) is 0 Å². The molecule has 0 aromatic rings. The van der Waals surface area contributed by atoms with E-state index in [9.17, 15) is 9.59 Å². The molecule has 0 aliphatic heterocycles. The molecule has 2 atom stereocenters. The van der Waals surface area contributed by atoms with Gasteiger partial charge in [-0.1, -0.05) is 19.8 Å². The van der Waals surface area contributed by atoms with Gasteiger partial charge in [-0.15, -0.1) is 11.6 Å². The first-order valence-corrected chi connectivity index (χ1v) is 10.1. The lowest BCUT2D eigenvalue weighted by Crippen LogP contribution is -2.48. The predicted octanol–water partition coefficient (Wildman–Crippen LogP) is 3.33. The first-order valence-electron chi connectivity index (χ1n) is 9.53. The number of carbonyl (C=O) groups is 2. The number of carbonyl (C=O) groups excluding carboxylic acids is 2. The summed E-state index contributed by atoms with van der Waals surface area (Å²) in [5.74, 6) is 1.01. The van der Waals surface area contributed by atoms with Gasteiger partial charge in [-0.05, 0) is 38.5 Å². The minimum absolute atomic E-state index is 0.0594. The van der Waals surface area contributed by atoms with Gasteiger partial charge in [0.05, 0.1) is 19.8 Å². The summed E-state index contributed by atoms with van der Waals surface area (Å²) in [6.45, 7) is 6.52. The van der Waals surface area contributed by atoms with Crippen LogP contribution in [0.2, 0.25) is 0 Å². The zero-order valence-corrected chi connectivity index (χ0v) is 16.5. The maximum Gasteiger partial charge on any atom is 0.233 e. The van der Waals surface area contributed by atoms with Crippen LogP contribution in [0.15, 0.2) is 0 Å². The number of nitrogens with one attached hydrogen (secondary N) is 1. The van der Waals surface area contributed by atoms with Crippen molar-refractivity contribution in [2.45, 2.75) is 58.8 Å². The molecule has 5 nitrogen and oxygen atoms in total. The summed E-state index contributed by atoms with van der Waals surface area (Å²) in [5, 5.41) is 2.83.